The Bertz CT molecular complexity index is 1050. The van der Waals surface area contributed by atoms with Crippen LogP contribution in [0.3, 0.4) is 0 Å². The number of hydrogen-bond acceptors (Lipinski definition) is 4. The van der Waals surface area contributed by atoms with Crippen LogP contribution in [0.2, 0.25) is 0 Å². The van der Waals surface area contributed by atoms with Gasteiger partial charge in [0.2, 0.25) is 5.78 Å². The van der Waals surface area contributed by atoms with Crippen LogP contribution in [0.4, 0.5) is 0 Å². The van der Waals surface area contributed by atoms with Gasteiger partial charge in [-0.3, -0.25) is 9.20 Å². The van der Waals surface area contributed by atoms with Gasteiger partial charge in [-0.05, 0) is 30.0 Å². The van der Waals surface area contributed by atoms with E-state index in [4.69, 9.17) is 4.98 Å². The van der Waals surface area contributed by atoms with Crippen LogP contribution in [0.15, 0.2) is 48.0 Å². The molecule has 5 rings (SSSR count). The summed E-state index contributed by atoms with van der Waals surface area (Å²) in [5.41, 5.74) is 3.52. The molecule has 1 aliphatic rings. The van der Waals surface area contributed by atoms with Crippen molar-refractivity contribution in [2.24, 2.45) is 0 Å². The number of nitrogens with zero attached hydrogens (tertiary/aromatic N) is 3. The number of benzene rings is 1. The van der Waals surface area contributed by atoms with Gasteiger partial charge in [0, 0.05) is 23.4 Å². The molecule has 0 spiro atoms. The molecule has 3 aromatic heterocycles. The number of fused-ring (bicyclic) bond motifs is 4. The average molecular weight is 319 g/mol. The number of para-hydroxylation sites is 2. The number of ketones is 1. The van der Waals surface area contributed by atoms with Crippen LogP contribution >= 0.6 is 11.3 Å². The number of Topliss-reactive ketones (excluding diaryl/α,β-unsaturated/α-hetero) is 1. The molecule has 112 valence electrons. The molecule has 0 amide bonds. The first-order chi connectivity index (χ1) is 11.3. The van der Waals surface area contributed by atoms with Crippen LogP contribution in [0.1, 0.15) is 33.3 Å². The molecular formula is C18H13N3OS. The maximum atomic E-state index is 12.6. The second kappa shape index (κ2) is 4.73. The van der Waals surface area contributed by atoms with Crippen LogP contribution in [0, 0.1) is 0 Å². The molecule has 0 radical (unpaired) electrons. The fourth-order valence-corrected chi connectivity index (χ4v) is 4.21. The van der Waals surface area contributed by atoms with Crippen molar-refractivity contribution in [1.29, 1.82) is 0 Å². The molecule has 3 heterocycles. The summed E-state index contributed by atoms with van der Waals surface area (Å²) in [5, 5.41) is 2.06. The van der Waals surface area contributed by atoms with Gasteiger partial charge in [0.15, 0.2) is 5.78 Å². The van der Waals surface area contributed by atoms with E-state index in [1.807, 2.05) is 40.9 Å². The fraction of sp³-hybridized carbons (Fsp3) is 0.167. The van der Waals surface area contributed by atoms with Gasteiger partial charge in [-0.15, -0.1) is 11.3 Å². The zero-order valence-electron chi connectivity index (χ0n) is 12.3. The Morgan fingerprint density at radius 1 is 1.09 bits per heavy atom. The van der Waals surface area contributed by atoms with Crippen molar-refractivity contribution >= 4 is 33.9 Å². The minimum atomic E-state index is 0.178. The lowest BCUT2D eigenvalue weighted by atomic mass is 9.85. The van der Waals surface area contributed by atoms with Crippen LogP contribution in [-0.2, 0) is 6.42 Å². The third kappa shape index (κ3) is 1.93. The van der Waals surface area contributed by atoms with Gasteiger partial charge in [0.25, 0.3) is 0 Å². The molecule has 0 aliphatic heterocycles. The normalized spacial score (nSPS) is 17.7. The molecule has 0 unspecified atom stereocenters. The number of carbonyl (C=O) groups excluding carboxylic acids is 1. The second-order valence-electron chi connectivity index (χ2n) is 5.92. The number of hydrogen-bond donors (Lipinski definition) is 0. The van der Waals surface area contributed by atoms with Gasteiger partial charge in [-0.25, -0.2) is 9.97 Å². The second-order valence-corrected chi connectivity index (χ2v) is 6.89. The molecule has 0 fully saturated rings. The molecule has 23 heavy (non-hydrogen) atoms. The van der Waals surface area contributed by atoms with Gasteiger partial charge in [0.05, 0.1) is 22.3 Å². The summed E-state index contributed by atoms with van der Waals surface area (Å²) < 4.78 is 1.93. The van der Waals surface area contributed by atoms with E-state index in [0.29, 0.717) is 12.2 Å². The van der Waals surface area contributed by atoms with E-state index in [-0.39, 0.29) is 11.7 Å². The summed E-state index contributed by atoms with van der Waals surface area (Å²) in [6.45, 7) is 0. The Labute approximate surface area is 136 Å². The summed E-state index contributed by atoms with van der Waals surface area (Å²) in [6, 6.07) is 12.1. The maximum Gasteiger partial charge on any atom is 0.235 e. The zero-order valence-corrected chi connectivity index (χ0v) is 13.1. The molecule has 0 N–H and O–H groups in total. The van der Waals surface area contributed by atoms with Crippen LogP contribution < -0.4 is 0 Å². The minimum Gasteiger partial charge on any atom is -0.294 e. The standard InChI is InChI=1S/C18H13N3OS/c22-16-9-11(17-6-3-7-23-17)8-14-12(16)10-21-15-5-2-1-4-13(15)19-18(21)20-14/h1-7,10-11H,8-9H2/t11-/m0/s1. The highest BCUT2D eigenvalue weighted by Crippen LogP contribution is 2.34. The Balaban J connectivity index is 1.70. The highest BCUT2D eigenvalue weighted by atomic mass is 32.1. The van der Waals surface area contributed by atoms with Crippen molar-refractivity contribution in [1.82, 2.24) is 14.4 Å². The molecule has 1 aliphatic carbocycles. The van der Waals surface area contributed by atoms with Gasteiger partial charge < -0.3 is 0 Å². The number of thiophene rings is 1. The summed E-state index contributed by atoms with van der Waals surface area (Å²) in [6.07, 6.45) is 3.29. The third-order valence-corrected chi connectivity index (χ3v) is 5.53. The first-order valence-corrected chi connectivity index (χ1v) is 8.51. The summed E-state index contributed by atoms with van der Waals surface area (Å²) in [5.74, 6) is 1.09. The van der Waals surface area contributed by atoms with Crippen LogP contribution in [-0.4, -0.2) is 20.2 Å². The topological polar surface area (TPSA) is 47.3 Å². The molecule has 0 saturated heterocycles. The van der Waals surface area contributed by atoms with E-state index in [9.17, 15) is 4.79 Å². The number of carbonyl (C=O) groups is 1. The molecule has 4 aromatic rings. The van der Waals surface area contributed by atoms with E-state index >= 15 is 0 Å². The van der Waals surface area contributed by atoms with Gasteiger partial charge in [-0.1, -0.05) is 18.2 Å². The molecule has 1 atom stereocenters. The smallest absolute Gasteiger partial charge is 0.235 e. The summed E-state index contributed by atoms with van der Waals surface area (Å²) in [7, 11) is 0. The number of imidazole rings is 1. The van der Waals surface area contributed by atoms with Crippen molar-refractivity contribution in [3.63, 3.8) is 0 Å². The van der Waals surface area contributed by atoms with E-state index in [0.717, 1.165) is 28.7 Å². The molecule has 0 saturated carbocycles. The highest BCUT2D eigenvalue weighted by molar-refractivity contribution is 7.10. The first-order valence-electron chi connectivity index (χ1n) is 7.63. The van der Waals surface area contributed by atoms with Crippen LogP contribution in [0.5, 0.6) is 0 Å². The lowest BCUT2D eigenvalue weighted by Crippen LogP contribution is -2.20. The van der Waals surface area contributed by atoms with Crippen LogP contribution in [0.25, 0.3) is 16.8 Å². The lowest BCUT2D eigenvalue weighted by molar-refractivity contribution is 0.0963. The van der Waals surface area contributed by atoms with Crippen molar-refractivity contribution in [2.75, 3.05) is 0 Å². The van der Waals surface area contributed by atoms with Crippen molar-refractivity contribution < 1.29 is 4.79 Å². The quantitative estimate of drug-likeness (QED) is 0.535. The SMILES string of the molecule is O=C1C[C@@H](c2cccs2)Cc2nc3nc4ccccc4n3cc21. The molecule has 5 heteroatoms. The van der Waals surface area contributed by atoms with E-state index in [2.05, 4.69) is 16.4 Å². The molecule has 4 nitrogen and oxygen atoms in total. The summed E-state index contributed by atoms with van der Waals surface area (Å²) >= 11 is 1.71. The predicted molar refractivity (Wildman–Crippen MR) is 90.2 cm³/mol. The number of aromatic nitrogens is 3. The summed E-state index contributed by atoms with van der Waals surface area (Å²) in [4.78, 5) is 23.2. The molecule has 0 bridgehead atoms. The Kier molecular flexibility index (Phi) is 2.67. The minimum absolute atomic E-state index is 0.178. The third-order valence-electron chi connectivity index (χ3n) is 4.50. The van der Waals surface area contributed by atoms with Crippen molar-refractivity contribution in [3.05, 3.63) is 64.1 Å². The molecular weight excluding hydrogens is 306 g/mol. The van der Waals surface area contributed by atoms with Crippen molar-refractivity contribution in [2.45, 2.75) is 18.8 Å². The van der Waals surface area contributed by atoms with E-state index < -0.39 is 0 Å². The monoisotopic (exact) mass is 319 g/mol. The number of rotatable bonds is 1. The van der Waals surface area contributed by atoms with Crippen molar-refractivity contribution in [3.8, 4) is 0 Å². The average Bonchev–Trinajstić information content (AvgIpc) is 3.20. The van der Waals surface area contributed by atoms with Gasteiger partial charge in [-0.2, -0.15) is 0 Å². The largest absolute Gasteiger partial charge is 0.294 e. The lowest BCUT2D eigenvalue weighted by Gasteiger charge is -2.21. The fourth-order valence-electron chi connectivity index (χ4n) is 3.38. The zero-order chi connectivity index (χ0) is 15.4. The van der Waals surface area contributed by atoms with E-state index in [1.165, 1.54) is 4.88 Å². The van der Waals surface area contributed by atoms with Gasteiger partial charge in [0.1, 0.15) is 0 Å². The molecule has 1 aromatic carbocycles. The Morgan fingerprint density at radius 2 is 2.00 bits per heavy atom. The highest BCUT2D eigenvalue weighted by Gasteiger charge is 2.29. The van der Waals surface area contributed by atoms with E-state index in [1.54, 1.807) is 11.3 Å². The maximum absolute atomic E-state index is 12.6. The Morgan fingerprint density at radius 3 is 2.87 bits per heavy atom. The predicted octanol–water partition coefficient (Wildman–Crippen LogP) is 3.86. The first kappa shape index (κ1) is 13.0. The Hall–Kier alpha value is -2.53. The van der Waals surface area contributed by atoms with Gasteiger partial charge >= 0.3 is 0 Å².